The van der Waals surface area contributed by atoms with Crippen LogP contribution in [0.1, 0.15) is 19.8 Å². The summed E-state index contributed by atoms with van der Waals surface area (Å²) in [5, 5.41) is 12.6. The van der Waals surface area contributed by atoms with E-state index in [0.29, 0.717) is 31.6 Å². The minimum absolute atomic E-state index is 0.129. The van der Waals surface area contributed by atoms with Crippen LogP contribution in [-0.4, -0.2) is 34.7 Å². The van der Waals surface area contributed by atoms with E-state index in [1.54, 1.807) is 29.2 Å². The maximum Gasteiger partial charge on any atom is 0.321 e. The average Bonchev–Trinajstić information content (AvgIpc) is 2.32. The zero-order valence-corrected chi connectivity index (χ0v) is 10.5. The van der Waals surface area contributed by atoms with Crippen LogP contribution in [0.5, 0.6) is 0 Å². The molecule has 98 valence electrons. The molecular weight excluding hydrogens is 230 g/mol. The molecule has 1 aromatic carbocycles. The van der Waals surface area contributed by atoms with Crippen molar-refractivity contribution in [2.24, 2.45) is 0 Å². The first kappa shape index (κ1) is 12.7. The molecule has 1 aliphatic rings. The van der Waals surface area contributed by atoms with E-state index in [9.17, 15) is 9.90 Å². The third-order valence-electron chi connectivity index (χ3n) is 3.29. The monoisotopic (exact) mass is 249 g/mol. The van der Waals surface area contributed by atoms with Gasteiger partial charge in [0.2, 0.25) is 0 Å². The zero-order valence-electron chi connectivity index (χ0n) is 10.5. The number of anilines is 2. The Morgan fingerprint density at radius 2 is 1.89 bits per heavy atom. The largest absolute Gasteiger partial charge is 0.399 e. The van der Waals surface area contributed by atoms with Crippen LogP contribution in [0.2, 0.25) is 0 Å². The van der Waals surface area contributed by atoms with Gasteiger partial charge in [-0.3, -0.25) is 0 Å². The number of carbonyl (C=O) groups excluding carboxylic acids is 1. The Morgan fingerprint density at radius 1 is 1.33 bits per heavy atom. The third-order valence-corrected chi connectivity index (χ3v) is 3.29. The van der Waals surface area contributed by atoms with Crippen LogP contribution in [0, 0.1) is 0 Å². The van der Waals surface area contributed by atoms with Crippen molar-refractivity contribution in [1.82, 2.24) is 4.90 Å². The van der Waals surface area contributed by atoms with Gasteiger partial charge in [-0.2, -0.15) is 0 Å². The Bertz CT molecular complexity index is 418. The molecular formula is C13H19N3O2. The van der Waals surface area contributed by atoms with Gasteiger partial charge in [-0.25, -0.2) is 4.79 Å². The molecule has 4 N–H and O–H groups in total. The quantitative estimate of drug-likeness (QED) is 0.662. The van der Waals surface area contributed by atoms with Crippen molar-refractivity contribution in [2.45, 2.75) is 25.4 Å². The lowest BCUT2D eigenvalue weighted by Crippen LogP contribution is -2.46. The van der Waals surface area contributed by atoms with Crippen molar-refractivity contribution in [3.8, 4) is 0 Å². The topological polar surface area (TPSA) is 78.6 Å². The Labute approximate surface area is 107 Å². The molecule has 18 heavy (non-hydrogen) atoms. The first-order chi connectivity index (χ1) is 8.46. The second-order valence-corrected chi connectivity index (χ2v) is 5.04. The molecule has 1 heterocycles. The van der Waals surface area contributed by atoms with Gasteiger partial charge in [0.05, 0.1) is 5.60 Å². The fourth-order valence-corrected chi connectivity index (χ4v) is 1.96. The molecule has 2 rings (SSSR count). The predicted molar refractivity (Wildman–Crippen MR) is 71.3 cm³/mol. The molecule has 5 heteroatoms. The van der Waals surface area contributed by atoms with Gasteiger partial charge in [0, 0.05) is 24.5 Å². The molecule has 0 bridgehead atoms. The van der Waals surface area contributed by atoms with E-state index in [0.717, 1.165) is 5.69 Å². The number of nitrogens with two attached hydrogens (primary N) is 1. The highest BCUT2D eigenvalue weighted by atomic mass is 16.3. The second kappa shape index (κ2) is 4.86. The predicted octanol–water partition coefficient (Wildman–Crippen LogP) is 1.65. The molecule has 5 nitrogen and oxygen atoms in total. The van der Waals surface area contributed by atoms with Crippen molar-refractivity contribution in [1.29, 1.82) is 0 Å². The first-order valence-corrected chi connectivity index (χ1v) is 6.10. The summed E-state index contributed by atoms with van der Waals surface area (Å²) >= 11 is 0. The van der Waals surface area contributed by atoms with Crippen LogP contribution in [0.15, 0.2) is 24.3 Å². The van der Waals surface area contributed by atoms with E-state index >= 15 is 0 Å². The van der Waals surface area contributed by atoms with E-state index in [1.165, 1.54) is 0 Å². The first-order valence-electron chi connectivity index (χ1n) is 6.10. The lowest BCUT2D eigenvalue weighted by molar-refractivity contribution is 0.00570. The molecule has 1 aromatic rings. The highest BCUT2D eigenvalue weighted by Crippen LogP contribution is 2.21. The number of urea groups is 1. The Kier molecular flexibility index (Phi) is 3.43. The van der Waals surface area contributed by atoms with Crippen LogP contribution in [0.25, 0.3) is 0 Å². The van der Waals surface area contributed by atoms with E-state index in [4.69, 9.17) is 5.73 Å². The van der Waals surface area contributed by atoms with Gasteiger partial charge in [0.1, 0.15) is 0 Å². The van der Waals surface area contributed by atoms with E-state index < -0.39 is 5.60 Å². The number of carbonyl (C=O) groups is 1. The number of rotatable bonds is 1. The van der Waals surface area contributed by atoms with Gasteiger partial charge < -0.3 is 21.1 Å². The number of hydrogen-bond donors (Lipinski definition) is 3. The van der Waals surface area contributed by atoms with Crippen LogP contribution in [0.4, 0.5) is 16.2 Å². The Hall–Kier alpha value is -1.75. The summed E-state index contributed by atoms with van der Waals surface area (Å²) in [6.07, 6.45) is 1.23. The molecule has 0 saturated carbocycles. The minimum Gasteiger partial charge on any atom is -0.399 e. The number of nitrogen functional groups attached to an aromatic ring is 1. The van der Waals surface area contributed by atoms with Gasteiger partial charge in [-0.15, -0.1) is 0 Å². The summed E-state index contributed by atoms with van der Waals surface area (Å²) in [4.78, 5) is 13.7. The summed E-state index contributed by atoms with van der Waals surface area (Å²) in [7, 11) is 0. The Morgan fingerprint density at radius 3 is 2.44 bits per heavy atom. The third kappa shape index (κ3) is 3.13. The van der Waals surface area contributed by atoms with Gasteiger partial charge in [-0.1, -0.05) is 0 Å². The number of nitrogens with one attached hydrogen (secondary N) is 1. The average molecular weight is 249 g/mol. The van der Waals surface area contributed by atoms with Crippen LogP contribution in [-0.2, 0) is 0 Å². The maximum atomic E-state index is 12.0. The molecule has 0 aromatic heterocycles. The fraction of sp³-hybridized carbons (Fsp3) is 0.462. The Balaban J connectivity index is 1.91. The summed E-state index contributed by atoms with van der Waals surface area (Å²) in [6, 6.07) is 6.91. The summed E-state index contributed by atoms with van der Waals surface area (Å²) in [5.41, 5.74) is 6.34. The molecule has 0 unspecified atom stereocenters. The number of piperidine rings is 1. The van der Waals surface area contributed by atoms with Crippen LogP contribution < -0.4 is 11.1 Å². The molecule has 1 fully saturated rings. The number of amides is 2. The number of nitrogens with zero attached hydrogens (tertiary/aromatic N) is 1. The highest BCUT2D eigenvalue weighted by molar-refractivity contribution is 5.89. The van der Waals surface area contributed by atoms with E-state index in [-0.39, 0.29) is 6.03 Å². The molecule has 0 radical (unpaired) electrons. The number of likely N-dealkylation sites (tertiary alicyclic amines) is 1. The number of hydrogen-bond acceptors (Lipinski definition) is 3. The van der Waals surface area contributed by atoms with Gasteiger partial charge in [0.15, 0.2) is 0 Å². The minimum atomic E-state index is -0.641. The molecule has 1 saturated heterocycles. The van der Waals surface area contributed by atoms with E-state index in [1.807, 2.05) is 6.92 Å². The molecule has 0 spiro atoms. The lowest BCUT2D eigenvalue weighted by Gasteiger charge is -2.35. The fourth-order valence-electron chi connectivity index (χ4n) is 1.96. The van der Waals surface area contributed by atoms with Gasteiger partial charge in [0.25, 0.3) is 0 Å². The SMILES string of the molecule is CC1(O)CCN(C(=O)Nc2ccc(N)cc2)CC1. The standard InChI is InChI=1S/C13H19N3O2/c1-13(18)6-8-16(9-7-13)12(17)15-11-4-2-10(14)3-5-11/h2-5,18H,6-9,14H2,1H3,(H,15,17). The van der Waals surface area contributed by atoms with Gasteiger partial charge in [-0.05, 0) is 44.0 Å². The maximum absolute atomic E-state index is 12.0. The molecule has 1 aliphatic heterocycles. The van der Waals surface area contributed by atoms with Crippen LogP contribution >= 0.6 is 0 Å². The smallest absolute Gasteiger partial charge is 0.321 e. The van der Waals surface area contributed by atoms with Crippen molar-refractivity contribution in [3.63, 3.8) is 0 Å². The molecule has 0 atom stereocenters. The van der Waals surface area contributed by atoms with Crippen molar-refractivity contribution in [3.05, 3.63) is 24.3 Å². The second-order valence-electron chi connectivity index (χ2n) is 5.04. The summed E-state index contributed by atoms with van der Waals surface area (Å²) in [5.74, 6) is 0. The number of aliphatic hydroxyl groups is 1. The van der Waals surface area contributed by atoms with Gasteiger partial charge >= 0.3 is 6.03 Å². The van der Waals surface area contributed by atoms with Crippen LogP contribution in [0.3, 0.4) is 0 Å². The summed E-state index contributed by atoms with van der Waals surface area (Å²) in [6.45, 7) is 2.96. The lowest BCUT2D eigenvalue weighted by atomic mass is 9.94. The van der Waals surface area contributed by atoms with E-state index in [2.05, 4.69) is 5.32 Å². The molecule has 0 aliphatic carbocycles. The zero-order chi connectivity index (χ0) is 13.2. The number of benzene rings is 1. The summed E-state index contributed by atoms with van der Waals surface area (Å²) < 4.78 is 0. The molecule has 2 amide bonds. The normalized spacial score (nSPS) is 18.4. The van der Waals surface area contributed by atoms with Crippen molar-refractivity contribution >= 4 is 17.4 Å². The highest BCUT2D eigenvalue weighted by Gasteiger charge is 2.29. The van der Waals surface area contributed by atoms with Crippen molar-refractivity contribution in [2.75, 3.05) is 24.1 Å². The van der Waals surface area contributed by atoms with Crippen molar-refractivity contribution < 1.29 is 9.90 Å².